The van der Waals surface area contributed by atoms with E-state index in [2.05, 4.69) is 10.3 Å². The molecule has 2 rings (SSSR count). The number of carbonyl (C=O) groups excluding carboxylic acids is 2. The summed E-state index contributed by atoms with van der Waals surface area (Å²) < 4.78 is 47.4. The molecule has 0 bridgehead atoms. The lowest BCUT2D eigenvalue weighted by atomic mass is 10.3. The number of nitrogens with zero attached hydrogens (tertiary/aromatic N) is 1. The van der Waals surface area contributed by atoms with Crippen LogP contribution in [0.1, 0.15) is 17.1 Å². The maximum atomic E-state index is 12.5. The molecule has 26 heavy (non-hydrogen) atoms. The molecular weight excluding hydrogens is 377 g/mol. The molecule has 0 spiro atoms. The zero-order chi connectivity index (χ0) is 19.3. The number of halogens is 4. The monoisotopic (exact) mass is 388 g/mol. The van der Waals surface area contributed by atoms with E-state index in [1.807, 2.05) is 0 Å². The van der Waals surface area contributed by atoms with E-state index in [4.69, 9.17) is 20.8 Å². The molecule has 0 fully saturated rings. The summed E-state index contributed by atoms with van der Waals surface area (Å²) in [6.45, 7) is 1.07. The first-order valence-corrected chi connectivity index (χ1v) is 7.47. The van der Waals surface area contributed by atoms with Crippen molar-refractivity contribution in [1.82, 2.24) is 4.98 Å². The Bertz CT molecular complexity index is 846. The molecule has 2 aromatic heterocycles. The van der Waals surface area contributed by atoms with Crippen LogP contribution in [0.15, 0.2) is 34.9 Å². The minimum atomic E-state index is -4.60. The molecule has 0 saturated carbocycles. The van der Waals surface area contributed by atoms with Gasteiger partial charge in [-0.1, -0.05) is 11.6 Å². The van der Waals surface area contributed by atoms with Gasteiger partial charge in [0.25, 0.3) is 5.91 Å². The lowest BCUT2D eigenvalue weighted by Crippen LogP contribution is -2.21. The predicted molar refractivity (Wildman–Crippen MR) is 86.3 cm³/mol. The summed E-state index contributed by atoms with van der Waals surface area (Å²) in [6, 6.07) is 3.98. The normalized spacial score (nSPS) is 11.6. The Kier molecular flexibility index (Phi) is 6.04. The molecule has 1 N–H and O–H groups in total. The highest BCUT2D eigenvalue weighted by atomic mass is 35.5. The van der Waals surface area contributed by atoms with Crippen molar-refractivity contribution in [3.8, 4) is 0 Å². The minimum Gasteiger partial charge on any atom is -0.462 e. The predicted octanol–water partition coefficient (Wildman–Crippen LogP) is 3.85. The molecule has 138 valence electrons. The Labute approximate surface area is 150 Å². The Morgan fingerprint density at radius 3 is 2.69 bits per heavy atom. The van der Waals surface area contributed by atoms with E-state index in [0.717, 1.165) is 6.08 Å². The van der Waals surface area contributed by atoms with Crippen LogP contribution in [-0.2, 0) is 20.5 Å². The number of aromatic nitrogens is 1. The van der Waals surface area contributed by atoms with Gasteiger partial charge in [0.05, 0.1) is 10.6 Å². The summed E-state index contributed by atoms with van der Waals surface area (Å²) in [5.74, 6) is -0.791. The fourth-order valence-corrected chi connectivity index (χ4v) is 1.94. The first kappa shape index (κ1) is 19.5. The van der Waals surface area contributed by atoms with Crippen molar-refractivity contribution in [2.24, 2.45) is 0 Å². The number of esters is 1. The largest absolute Gasteiger partial charge is 0.462 e. The standard InChI is InChI=1S/C16H12ClF3N2O4/c1-9-2-3-11(26-9)4-5-14(24)25-8-13(23)22-15-12(17)6-10(7-21-15)16(18,19)20/h2-7H,8H2,1H3,(H,21,22,23). The molecule has 0 atom stereocenters. The minimum absolute atomic E-state index is 0.276. The van der Waals surface area contributed by atoms with Crippen LogP contribution in [-0.4, -0.2) is 23.5 Å². The van der Waals surface area contributed by atoms with Gasteiger partial charge in [-0.25, -0.2) is 9.78 Å². The van der Waals surface area contributed by atoms with Crippen LogP contribution in [0.3, 0.4) is 0 Å². The molecular formula is C16H12ClF3N2O4. The molecule has 2 heterocycles. The quantitative estimate of drug-likeness (QED) is 0.621. The Balaban J connectivity index is 1.87. The second-order valence-corrected chi connectivity index (χ2v) is 5.40. The van der Waals surface area contributed by atoms with Crippen LogP contribution in [0.4, 0.5) is 19.0 Å². The summed E-state index contributed by atoms with van der Waals surface area (Å²) in [4.78, 5) is 26.6. The van der Waals surface area contributed by atoms with Gasteiger partial charge in [-0.3, -0.25) is 4.79 Å². The second-order valence-electron chi connectivity index (χ2n) is 4.99. The number of hydrogen-bond donors (Lipinski definition) is 1. The fraction of sp³-hybridized carbons (Fsp3) is 0.188. The van der Waals surface area contributed by atoms with Gasteiger partial charge in [-0.15, -0.1) is 0 Å². The van der Waals surface area contributed by atoms with E-state index in [-0.39, 0.29) is 5.82 Å². The van der Waals surface area contributed by atoms with E-state index < -0.39 is 35.2 Å². The number of carbonyl (C=O) groups is 2. The Hall–Kier alpha value is -2.81. The van der Waals surface area contributed by atoms with Crippen LogP contribution in [0.5, 0.6) is 0 Å². The van der Waals surface area contributed by atoms with Crippen LogP contribution in [0.2, 0.25) is 5.02 Å². The van der Waals surface area contributed by atoms with Crippen molar-refractivity contribution in [2.75, 3.05) is 11.9 Å². The van der Waals surface area contributed by atoms with E-state index in [0.29, 0.717) is 23.8 Å². The highest BCUT2D eigenvalue weighted by Gasteiger charge is 2.31. The van der Waals surface area contributed by atoms with Crippen LogP contribution < -0.4 is 5.32 Å². The molecule has 1 amide bonds. The van der Waals surface area contributed by atoms with E-state index in [9.17, 15) is 22.8 Å². The third-order valence-corrected chi connectivity index (χ3v) is 3.20. The van der Waals surface area contributed by atoms with Gasteiger partial charge in [0.2, 0.25) is 0 Å². The van der Waals surface area contributed by atoms with Gasteiger partial charge in [0, 0.05) is 12.3 Å². The number of furan rings is 1. The smallest absolute Gasteiger partial charge is 0.417 e. The SMILES string of the molecule is Cc1ccc(C=CC(=O)OCC(=O)Nc2ncc(C(F)(F)F)cc2Cl)o1. The van der Waals surface area contributed by atoms with Gasteiger partial charge >= 0.3 is 12.1 Å². The first-order chi connectivity index (χ1) is 12.1. The third-order valence-electron chi connectivity index (χ3n) is 2.92. The fourth-order valence-electron chi connectivity index (χ4n) is 1.73. The maximum absolute atomic E-state index is 12.5. The highest BCUT2D eigenvalue weighted by Crippen LogP contribution is 2.32. The molecule has 0 radical (unpaired) electrons. The molecule has 0 aliphatic carbocycles. The average Bonchev–Trinajstić information content (AvgIpc) is 2.97. The summed E-state index contributed by atoms with van der Waals surface area (Å²) >= 11 is 5.66. The Morgan fingerprint density at radius 1 is 1.38 bits per heavy atom. The second kappa shape index (κ2) is 8.05. The van der Waals surface area contributed by atoms with Crippen LogP contribution in [0, 0.1) is 6.92 Å². The number of aryl methyl sites for hydroxylation is 1. The van der Waals surface area contributed by atoms with Crippen molar-refractivity contribution in [3.63, 3.8) is 0 Å². The summed E-state index contributed by atoms with van der Waals surface area (Å²) in [5, 5.41) is 1.76. The lowest BCUT2D eigenvalue weighted by molar-refractivity contribution is -0.142. The molecule has 6 nitrogen and oxygen atoms in total. The molecule has 2 aromatic rings. The number of hydrogen-bond acceptors (Lipinski definition) is 5. The molecule has 0 aromatic carbocycles. The first-order valence-electron chi connectivity index (χ1n) is 7.09. The van der Waals surface area contributed by atoms with E-state index in [1.165, 1.54) is 6.08 Å². The molecule has 0 saturated heterocycles. The van der Waals surface area contributed by atoms with Crippen molar-refractivity contribution < 1.29 is 31.9 Å². The lowest BCUT2D eigenvalue weighted by Gasteiger charge is -2.10. The molecule has 0 aliphatic rings. The van der Waals surface area contributed by atoms with Gasteiger partial charge in [-0.2, -0.15) is 13.2 Å². The number of amides is 1. The van der Waals surface area contributed by atoms with Gasteiger partial charge < -0.3 is 14.5 Å². The van der Waals surface area contributed by atoms with Gasteiger partial charge in [-0.05, 0) is 31.2 Å². The van der Waals surface area contributed by atoms with Crippen molar-refractivity contribution in [2.45, 2.75) is 13.1 Å². The third kappa shape index (κ3) is 5.62. The Morgan fingerprint density at radius 2 is 2.12 bits per heavy atom. The summed E-state index contributed by atoms with van der Waals surface area (Å²) in [5.41, 5.74) is -1.05. The zero-order valence-electron chi connectivity index (χ0n) is 13.3. The average molecular weight is 389 g/mol. The van der Waals surface area contributed by atoms with Gasteiger partial charge in [0.15, 0.2) is 12.4 Å². The number of rotatable bonds is 5. The van der Waals surface area contributed by atoms with Crippen LogP contribution >= 0.6 is 11.6 Å². The van der Waals surface area contributed by atoms with Crippen molar-refractivity contribution in [1.29, 1.82) is 0 Å². The van der Waals surface area contributed by atoms with Crippen molar-refractivity contribution in [3.05, 3.63) is 52.6 Å². The number of alkyl halides is 3. The summed E-state index contributed by atoms with van der Waals surface area (Å²) in [7, 11) is 0. The zero-order valence-corrected chi connectivity index (χ0v) is 14.0. The van der Waals surface area contributed by atoms with E-state index >= 15 is 0 Å². The van der Waals surface area contributed by atoms with Crippen LogP contribution in [0.25, 0.3) is 6.08 Å². The number of nitrogens with one attached hydrogen (secondary N) is 1. The van der Waals surface area contributed by atoms with Crippen molar-refractivity contribution >= 4 is 35.4 Å². The number of anilines is 1. The molecule has 0 aliphatic heterocycles. The van der Waals surface area contributed by atoms with Gasteiger partial charge in [0.1, 0.15) is 11.5 Å². The van der Waals surface area contributed by atoms with E-state index in [1.54, 1.807) is 19.1 Å². The molecule has 10 heteroatoms. The molecule has 0 unspecified atom stereocenters. The number of ether oxygens (including phenoxy) is 1. The maximum Gasteiger partial charge on any atom is 0.417 e. The summed E-state index contributed by atoms with van der Waals surface area (Å²) in [6.07, 6.45) is -1.65. The topological polar surface area (TPSA) is 81.4 Å². The highest BCUT2D eigenvalue weighted by molar-refractivity contribution is 6.33. The number of pyridine rings is 1.